The van der Waals surface area contributed by atoms with Gasteiger partial charge in [-0.15, -0.1) is 0 Å². The molecular formula is C11H15IN2O3. The standard InChI is InChI=1S/C11H15IN2O3/c1-16-6-8-10(12)11(15)14-9(13-8)5-7-3-2-4-17-7/h7H,2-6H2,1H3,(H,13,14,15). The highest BCUT2D eigenvalue weighted by atomic mass is 127. The molecule has 6 heteroatoms. The van der Waals surface area contributed by atoms with Crippen LogP contribution in [-0.4, -0.2) is 29.8 Å². The third-order valence-corrected chi connectivity index (χ3v) is 3.82. The SMILES string of the molecule is COCc1nc(CC2CCCO2)[nH]c(=O)c1I. The third kappa shape index (κ3) is 3.26. The number of hydrogen-bond acceptors (Lipinski definition) is 4. The average molecular weight is 350 g/mol. The Bertz CT molecular complexity index is 441. The van der Waals surface area contributed by atoms with Crippen molar-refractivity contribution in [2.75, 3.05) is 13.7 Å². The fourth-order valence-electron chi connectivity index (χ4n) is 1.91. The maximum atomic E-state index is 11.7. The summed E-state index contributed by atoms with van der Waals surface area (Å²) in [6.45, 7) is 1.17. The molecule has 1 aromatic heterocycles. The van der Waals surface area contributed by atoms with Gasteiger partial charge in [-0.1, -0.05) is 0 Å². The number of H-pyrrole nitrogens is 1. The van der Waals surface area contributed by atoms with E-state index in [1.54, 1.807) is 7.11 Å². The Balaban J connectivity index is 2.19. The zero-order valence-electron chi connectivity index (χ0n) is 9.66. The normalized spacial score (nSPS) is 19.8. The average Bonchev–Trinajstić information content (AvgIpc) is 2.78. The lowest BCUT2D eigenvalue weighted by Crippen LogP contribution is -2.21. The number of ether oxygens (including phenoxy) is 2. The van der Waals surface area contributed by atoms with Gasteiger partial charge in [-0.25, -0.2) is 4.98 Å². The Hall–Kier alpha value is -0.470. The quantitative estimate of drug-likeness (QED) is 0.830. The number of aromatic amines is 1. The largest absolute Gasteiger partial charge is 0.378 e. The number of nitrogens with zero attached hydrogens (tertiary/aromatic N) is 1. The van der Waals surface area contributed by atoms with E-state index in [0.29, 0.717) is 28.1 Å². The first kappa shape index (κ1) is 13.0. The molecule has 1 N–H and O–H groups in total. The van der Waals surface area contributed by atoms with Gasteiger partial charge in [0.2, 0.25) is 0 Å². The van der Waals surface area contributed by atoms with Crippen molar-refractivity contribution in [2.45, 2.75) is 32.0 Å². The van der Waals surface area contributed by atoms with Gasteiger partial charge in [0.25, 0.3) is 5.56 Å². The summed E-state index contributed by atoms with van der Waals surface area (Å²) in [5.74, 6) is 0.689. The Morgan fingerprint density at radius 1 is 1.65 bits per heavy atom. The molecule has 0 aromatic carbocycles. The number of nitrogens with one attached hydrogen (secondary N) is 1. The predicted octanol–water partition coefficient (Wildman–Crippen LogP) is 1.24. The van der Waals surface area contributed by atoms with E-state index in [1.165, 1.54) is 0 Å². The van der Waals surface area contributed by atoms with Crippen LogP contribution < -0.4 is 5.56 Å². The minimum absolute atomic E-state index is 0.0966. The van der Waals surface area contributed by atoms with Crippen LogP contribution in [0.25, 0.3) is 0 Å². The van der Waals surface area contributed by atoms with Gasteiger partial charge in [0, 0.05) is 20.1 Å². The monoisotopic (exact) mass is 350 g/mol. The van der Waals surface area contributed by atoms with Crippen molar-refractivity contribution < 1.29 is 9.47 Å². The molecule has 0 spiro atoms. The second-order valence-corrected chi connectivity index (χ2v) is 5.12. The maximum Gasteiger partial charge on any atom is 0.264 e. The van der Waals surface area contributed by atoms with E-state index in [9.17, 15) is 4.79 Å². The van der Waals surface area contributed by atoms with Crippen LogP contribution in [0.3, 0.4) is 0 Å². The van der Waals surface area contributed by atoms with E-state index in [4.69, 9.17) is 9.47 Å². The van der Waals surface area contributed by atoms with Gasteiger partial charge in [0.15, 0.2) is 0 Å². The van der Waals surface area contributed by atoms with Crippen molar-refractivity contribution >= 4 is 22.6 Å². The molecule has 1 atom stereocenters. The minimum Gasteiger partial charge on any atom is -0.378 e. The Morgan fingerprint density at radius 2 is 2.47 bits per heavy atom. The van der Waals surface area contributed by atoms with Crippen molar-refractivity contribution in [3.8, 4) is 0 Å². The number of aromatic nitrogens is 2. The van der Waals surface area contributed by atoms with Crippen molar-refractivity contribution in [1.29, 1.82) is 0 Å². The maximum absolute atomic E-state index is 11.7. The lowest BCUT2D eigenvalue weighted by Gasteiger charge is -2.10. The molecule has 1 aliphatic heterocycles. The second-order valence-electron chi connectivity index (χ2n) is 4.05. The molecule has 2 heterocycles. The first-order valence-corrected chi connectivity index (χ1v) is 6.66. The predicted molar refractivity (Wildman–Crippen MR) is 71.0 cm³/mol. The molecule has 0 amide bonds. The van der Waals surface area contributed by atoms with Crippen molar-refractivity contribution in [1.82, 2.24) is 9.97 Å². The van der Waals surface area contributed by atoms with Gasteiger partial charge >= 0.3 is 0 Å². The minimum atomic E-state index is -0.0966. The fraction of sp³-hybridized carbons (Fsp3) is 0.636. The molecule has 2 rings (SSSR count). The summed E-state index contributed by atoms with van der Waals surface area (Å²) >= 11 is 1.99. The van der Waals surface area contributed by atoms with Gasteiger partial charge in [-0.2, -0.15) is 0 Å². The third-order valence-electron chi connectivity index (χ3n) is 2.71. The molecule has 0 saturated carbocycles. The van der Waals surface area contributed by atoms with E-state index in [-0.39, 0.29) is 11.7 Å². The highest BCUT2D eigenvalue weighted by Gasteiger charge is 2.18. The molecule has 1 aliphatic rings. The Kier molecular flexibility index (Phi) is 4.52. The topological polar surface area (TPSA) is 64.2 Å². The Labute approximate surface area is 113 Å². The van der Waals surface area contributed by atoms with Crippen molar-refractivity contribution in [3.05, 3.63) is 25.4 Å². The number of rotatable bonds is 4. The summed E-state index contributed by atoms with van der Waals surface area (Å²) < 4.78 is 11.2. The van der Waals surface area contributed by atoms with Crippen LogP contribution >= 0.6 is 22.6 Å². The first-order valence-electron chi connectivity index (χ1n) is 5.59. The van der Waals surface area contributed by atoms with Crippen LogP contribution in [0.15, 0.2) is 4.79 Å². The van der Waals surface area contributed by atoms with Crippen molar-refractivity contribution in [2.24, 2.45) is 0 Å². The second kappa shape index (κ2) is 5.92. The molecular weight excluding hydrogens is 335 g/mol. The van der Waals surface area contributed by atoms with E-state index in [2.05, 4.69) is 9.97 Å². The lowest BCUT2D eigenvalue weighted by molar-refractivity contribution is 0.109. The van der Waals surface area contributed by atoms with Gasteiger partial charge in [-0.05, 0) is 35.4 Å². The molecule has 0 radical (unpaired) electrons. The highest BCUT2D eigenvalue weighted by Crippen LogP contribution is 2.15. The van der Waals surface area contributed by atoms with Crippen LogP contribution in [-0.2, 0) is 22.5 Å². The van der Waals surface area contributed by atoms with Gasteiger partial charge in [0.1, 0.15) is 9.39 Å². The summed E-state index contributed by atoms with van der Waals surface area (Å²) in [7, 11) is 1.60. The smallest absolute Gasteiger partial charge is 0.264 e. The van der Waals surface area contributed by atoms with Crippen LogP contribution in [0.1, 0.15) is 24.4 Å². The summed E-state index contributed by atoms with van der Waals surface area (Å²) in [6.07, 6.45) is 2.98. The molecule has 5 nitrogen and oxygen atoms in total. The van der Waals surface area contributed by atoms with E-state index in [1.807, 2.05) is 22.6 Å². The van der Waals surface area contributed by atoms with E-state index >= 15 is 0 Å². The van der Waals surface area contributed by atoms with E-state index in [0.717, 1.165) is 19.4 Å². The van der Waals surface area contributed by atoms with Crippen LogP contribution in [0.2, 0.25) is 0 Å². The fourth-order valence-corrected chi connectivity index (χ4v) is 2.32. The van der Waals surface area contributed by atoms with Crippen LogP contribution in [0.4, 0.5) is 0 Å². The molecule has 0 bridgehead atoms. The Morgan fingerprint density at radius 3 is 3.12 bits per heavy atom. The molecule has 0 aliphatic carbocycles. The van der Waals surface area contributed by atoms with Gasteiger partial charge in [0.05, 0.1) is 18.4 Å². The van der Waals surface area contributed by atoms with Crippen LogP contribution in [0.5, 0.6) is 0 Å². The lowest BCUT2D eigenvalue weighted by atomic mass is 10.2. The first-order chi connectivity index (χ1) is 8.20. The van der Waals surface area contributed by atoms with Crippen LogP contribution in [0, 0.1) is 3.57 Å². The molecule has 17 heavy (non-hydrogen) atoms. The van der Waals surface area contributed by atoms with E-state index < -0.39 is 0 Å². The summed E-state index contributed by atoms with van der Waals surface area (Å²) in [4.78, 5) is 18.9. The van der Waals surface area contributed by atoms with Gasteiger partial charge in [-0.3, -0.25) is 4.79 Å². The molecule has 1 aromatic rings. The molecule has 1 saturated heterocycles. The summed E-state index contributed by atoms with van der Waals surface area (Å²) in [6, 6.07) is 0. The zero-order valence-corrected chi connectivity index (χ0v) is 11.8. The molecule has 1 unspecified atom stereocenters. The summed E-state index contributed by atoms with van der Waals surface area (Å²) in [5.41, 5.74) is 0.602. The zero-order chi connectivity index (χ0) is 12.3. The number of hydrogen-bond donors (Lipinski definition) is 1. The molecule has 94 valence electrons. The number of halogens is 1. The summed E-state index contributed by atoms with van der Waals surface area (Å²) in [5, 5.41) is 0. The number of methoxy groups -OCH3 is 1. The highest BCUT2D eigenvalue weighted by molar-refractivity contribution is 14.1. The molecule has 1 fully saturated rings. The van der Waals surface area contributed by atoms with Crippen molar-refractivity contribution in [3.63, 3.8) is 0 Å². The van der Waals surface area contributed by atoms with Gasteiger partial charge < -0.3 is 14.5 Å².